The zero-order valence-electron chi connectivity index (χ0n) is 12.3. The standard InChI is InChI=1S/C17H19NO3/c1-3-21-17(19)13-6-4-12(5-7-13)16-9-8-15(20-2)10-14(16)11-18/h4-10H,3,11,18H2,1-2H3. The molecule has 110 valence electrons. The number of methoxy groups -OCH3 is 1. The lowest BCUT2D eigenvalue weighted by molar-refractivity contribution is 0.0526. The zero-order chi connectivity index (χ0) is 15.2. The van der Waals surface area contributed by atoms with Gasteiger partial charge in [0.2, 0.25) is 0 Å². The Morgan fingerprint density at radius 3 is 2.43 bits per heavy atom. The number of benzene rings is 2. The van der Waals surface area contributed by atoms with Gasteiger partial charge in [-0.05, 0) is 47.9 Å². The van der Waals surface area contributed by atoms with E-state index in [9.17, 15) is 4.79 Å². The van der Waals surface area contributed by atoms with Gasteiger partial charge in [0.05, 0.1) is 19.3 Å². The highest BCUT2D eigenvalue weighted by Gasteiger charge is 2.09. The monoisotopic (exact) mass is 285 g/mol. The van der Waals surface area contributed by atoms with Crippen LogP contribution in [0.2, 0.25) is 0 Å². The van der Waals surface area contributed by atoms with Gasteiger partial charge < -0.3 is 15.2 Å². The Morgan fingerprint density at radius 1 is 1.14 bits per heavy atom. The summed E-state index contributed by atoms with van der Waals surface area (Å²) in [6.07, 6.45) is 0. The summed E-state index contributed by atoms with van der Waals surface area (Å²) in [5, 5.41) is 0. The number of ether oxygens (including phenoxy) is 2. The molecular weight excluding hydrogens is 266 g/mol. The minimum atomic E-state index is -0.308. The second-order valence-corrected chi connectivity index (χ2v) is 4.53. The van der Waals surface area contributed by atoms with Crippen molar-refractivity contribution in [3.8, 4) is 16.9 Å². The average molecular weight is 285 g/mol. The molecule has 0 unspecified atom stereocenters. The Kier molecular flexibility index (Phi) is 4.95. The highest BCUT2D eigenvalue weighted by atomic mass is 16.5. The minimum absolute atomic E-state index is 0.308. The van der Waals surface area contributed by atoms with E-state index in [-0.39, 0.29) is 5.97 Å². The van der Waals surface area contributed by atoms with E-state index in [1.54, 1.807) is 26.2 Å². The van der Waals surface area contributed by atoms with Crippen molar-refractivity contribution in [2.75, 3.05) is 13.7 Å². The molecule has 0 aliphatic heterocycles. The predicted molar refractivity (Wildman–Crippen MR) is 82.3 cm³/mol. The molecule has 0 aliphatic rings. The van der Waals surface area contributed by atoms with Crippen LogP contribution >= 0.6 is 0 Å². The Balaban J connectivity index is 2.32. The van der Waals surface area contributed by atoms with Gasteiger partial charge in [0.15, 0.2) is 0 Å². The molecule has 21 heavy (non-hydrogen) atoms. The number of hydrogen-bond donors (Lipinski definition) is 1. The number of esters is 1. The van der Waals surface area contributed by atoms with Crippen molar-refractivity contribution < 1.29 is 14.3 Å². The first-order valence-electron chi connectivity index (χ1n) is 6.84. The maximum Gasteiger partial charge on any atom is 0.338 e. The second kappa shape index (κ2) is 6.90. The van der Waals surface area contributed by atoms with Crippen LogP contribution in [-0.4, -0.2) is 19.7 Å². The Bertz CT molecular complexity index is 620. The molecule has 0 spiro atoms. The molecule has 4 nitrogen and oxygen atoms in total. The van der Waals surface area contributed by atoms with Crippen LogP contribution in [0.1, 0.15) is 22.8 Å². The summed E-state index contributed by atoms with van der Waals surface area (Å²) < 4.78 is 10.2. The van der Waals surface area contributed by atoms with Gasteiger partial charge in [-0.15, -0.1) is 0 Å². The lowest BCUT2D eigenvalue weighted by Gasteiger charge is -2.11. The molecule has 0 fully saturated rings. The number of nitrogens with two attached hydrogens (primary N) is 1. The fourth-order valence-electron chi connectivity index (χ4n) is 2.15. The predicted octanol–water partition coefficient (Wildman–Crippen LogP) is 3.00. The van der Waals surface area contributed by atoms with E-state index in [2.05, 4.69) is 0 Å². The molecule has 2 N–H and O–H groups in total. The van der Waals surface area contributed by atoms with E-state index in [0.717, 1.165) is 22.4 Å². The van der Waals surface area contributed by atoms with Crippen LogP contribution in [0, 0.1) is 0 Å². The molecule has 0 aromatic heterocycles. The first kappa shape index (κ1) is 15.1. The maximum atomic E-state index is 11.6. The summed E-state index contributed by atoms with van der Waals surface area (Å²) in [7, 11) is 1.63. The molecule has 2 aromatic rings. The van der Waals surface area contributed by atoms with Crippen LogP contribution in [0.4, 0.5) is 0 Å². The van der Waals surface area contributed by atoms with Crippen molar-refractivity contribution in [3.63, 3.8) is 0 Å². The Labute approximate surface area is 124 Å². The van der Waals surface area contributed by atoms with Gasteiger partial charge in [0, 0.05) is 6.54 Å². The Morgan fingerprint density at radius 2 is 1.86 bits per heavy atom. The first-order chi connectivity index (χ1) is 10.2. The molecule has 0 bridgehead atoms. The van der Waals surface area contributed by atoms with Gasteiger partial charge in [-0.2, -0.15) is 0 Å². The van der Waals surface area contributed by atoms with Crippen molar-refractivity contribution in [1.29, 1.82) is 0 Å². The molecule has 0 aliphatic carbocycles. The smallest absolute Gasteiger partial charge is 0.338 e. The van der Waals surface area contributed by atoms with Gasteiger partial charge in [-0.25, -0.2) is 4.79 Å². The van der Waals surface area contributed by atoms with Gasteiger partial charge in [0.25, 0.3) is 0 Å². The average Bonchev–Trinajstić information content (AvgIpc) is 2.54. The molecule has 0 saturated carbocycles. The highest BCUT2D eigenvalue weighted by Crippen LogP contribution is 2.27. The first-order valence-corrected chi connectivity index (χ1v) is 6.84. The van der Waals surface area contributed by atoms with Crippen LogP contribution in [0.25, 0.3) is 11.1 Å². The van der Waals surface area contributed by atoms with Crippen LogP contribution in [0.15, 0.2) is 42.5 Å². The molecule has 2 aromatic carbocycles. The van der Waals surface area contributed by atoms with Crippen molar-refractivity contribution in [2.24, 2.45) is 5.73 Å². The minimum Gasteiger partial charge on any atom is -0.497 e. The summed E-state index contributed by atoms with van der Waals surface area (Å²) in [6.45, 7) is 2.58. The molecule has 2 rings (SSSR count). The third-order valence-electron chi connectivity index (χ3n) is 3.24. The van der Waals surface area contributed by atoms with Crippen LogP contribution in [-0.2, 0) is 11.3 Å². The second-order valence-electron chi connectivity index (χ2n) is 4.53. The normalized spacial score (nSPS) is 10.2. The van der Waals surface area contributed by atoms with E-state index >= 15 is 0 Å². The van der Waals surface area contributed by atoms with Crippen molar-refractivity contribution in [2.45, 2.75) is 13.5 Å². The Hall–Kier alpha value is -2.33. The molecule has 4 heteroatoms. The van der Waals surface area contributed by atoms with E-state index < -0.39 is 0 Å². The molecule has 0 saturated heterocycles. The van der Waals surface area contributed by atoms with E-state index in [0.29, 0.717) is 18.7 Å². The number of hydrogen-bond acceptors (Lipinski definition) is 4. The van der Waals surface area contributed by atoms with Crippen LogP contribution in [0.3, 0.4) is 0 Å². The number of carbonyl (C=O) groups excluding carboxylic acids is 1. The summed E-state index contributed by atoms with van der Waals surface area (Å²) in [4.78, 5) is 11.6. The van der Waals surface area contributed by atoms with E-state index in [1.165, 1.54) is 0 Å². The number of carbonyl (C=O) groups is 1. The molecular formula is C17H19NO3. The zero-order valence-corrected chi connectivity index (χ0v) is 12.3. The molecule has 0 atom stereocenters. The topological polar surface area (TPSA) is 61.5 Å². The van der Waals surface area contributed by atoms with E-state index in [1.807, 2.05) is 30.3 Å². The lowest BCUT2D eigenvalue weighted by Crippen LogP contribution is -2.04. The van der Waals surface area contributed by atoms with Gasteiger partial charge >= 0.3 is 5.97 Å². The van der Waals surface area contributed by atoms with Crippen LogP contribution < -0.4 is 10.5 Å². The molecule has 0 amide bonds. The fraction of sp³-hybridized carbons (Fsp3) is 0.235. The summed E-state index contributed by atoms with van der Waals surface area (Å²) in [5.74, 6) is 0.472. The lowest BCUT2D eigenvalue weighted by atomic mass is 9.98. The van der Waals surface area contributed by atoms with Crippen molar-refractivity contribution in [3.05, 3.63) is 53.6 Å². The maximum absolute atomic E-state index is 11.6. The van der Waals surface area contributed by atoms with Crippen molar-refractivity contribution >= 4 is 5.97 Å². The summed E-state index contributed by atoms with van der Waals surface area (Å²) in [5.41, 5.74) is 9.38. The largest absolute Gasteiger partial charge is 0.497 e. The highest BCUT2D eigenvalue weighted by molar-refractivity contribution is 5.90. The third-order valence-corrected chi connectivity index (χ3v) is 3.24. The van der Waals surface area contributed by atoms with Crippen molar-refractivity contribution in [1.82, 2.24) is 0 Å². The number of rotatable bonds is 5. The van der Waals surface area contributed by atoms with Gasteiger partial charge in [-0.1, -0.05) is 18.2 Å². The summed E-state index contributed by atoms with van der Waals surface area (Å²) >= 11 is 0. The van der Waals surface area contributed by atoms with Crippen LogP contribution in [0.5, 0.6) is 5.75 Å². The van der Waals surface area contributed by atoms with E-state index in [4.69, 9.17) is 15.2 Å². The quantitative estimate of drug-likeness (QED) is 0.858. The van der Waals surface area contributed by atoms with Gasteiger partial charge in [0.1, 0.15) is 5.75 Å². The SMILES string of the molecule is CCOC(=O)c1ccc(-c2ccc(OC)cc2CN)cc1. The molecule has 0 radical (unpaired) electrons. The molecule has 0 heterocycles. The third kappa shape index (κ3) is 3.41. The fourth-order valence-corrected chi connectivity index (χ4v) is 2.15. The van der Waals surface area contributed by atoms with Gasteiger partial charge in [-0.3, -0.25) is 0 Å². The summed E-state index contributed by atoms with van der Waals surface area (Å²) in [6, 6.07) is 13.1.